The van der Waals surface area contributed by atoms with Crippen molar-refractivity contribution in [3.63, 3.8) is 0 Å². The first kappa shape index (κ1) is 55.4. The monoisotopic (exact) mass is 920 g/mol. The van der Waals surface area contributed by atoms with E-state index in [9.17, 15) is 63.6 Å². The van der Waals surface area contributed by atoms with Gasteiger partial charge in [0, 0.05) is 13.0 Å². The third kappa shape index (κ3) is 17.3. The van der Waals surface area contributed by atoms with E-state index in [4.69, 9.17) is 11.5 Å². The molecular formula is C43H69N9O13. The quantitative estimate of drug-likeness (QED) is 0.0410. The normalized spacial score (nSPS) is 18.3. The molecule has 11 atom stereocenters. The summed E-state index contributed by atoms with van der Waals surface area (Å²) in [4.78, 5) is 120. The number of amides is 7. The van der Waals surface area contributed by atoms with Crippen molar-refractivity contribution in [1.82, 2.24) is 36.8 Å². The van der Waals surface area contributed by atoms with Gasteiger partial charge in [-0.25, -0.2) is 4.79 Å². The predicted octanol–water partition coefficient (Wildman–Crippen LogP) is -2.39. The molecule has 1 aliphatic rings. The molecule has 364 valence electrons. The number of hydrogen-bond donors (Lipinski definition) is 12. The highest BCUT2D eigenvalue weighted by Gasteiger charge is 2.40. The van der Waals surface area contributed by atoms with Crippen molar-refractivity contribution >= 4 is 53.3 Å². The largest absolute Gasteiger partial charge is 0.481 e. The van der Waals surface area contributed by atoms with Gasteiger partial charge in [-0.2, -0.15) is 0 Å². The lowest BCUT2D eigenvalue weighted by Crippen LogP contribution is -2.63. The summed E-state index contributed by atoms with van der Waals surface area (Å²) in [6, 6.07) is -2.96. The number of carboxylic acid groups (broad SMARTS) is 2. The van der Waals surface area contributed by atoms with Crippen LogP contribution in [0.3, 0.4) is 0 Å². The summed E-state index contributed by atoms with van der Waals surface area (Å²) < 4.78 is 0. The number of aliphatic hydroxyl groups excluding tert-OH is 2. The van der Waals surface area contributed by atoms with E-state index in [0.29, 0.717) is 31.2 Å². The summed E-state index contributed by atoms with van der Waals surface area (Å²) in [7, 11) is 0. The van der Waals surface area contributed by atoms with Gasteiger partial charge in [0.1, 0.15) is 42.3 Å². The molecule has 22 nitrogen and oxygen atoms in total. The highest BCUT2D eigenvalue weighted by atomic mass is 16.4. The molecule has 0 radical (unpaired) electrons. The fourth-order valence-electron chi connectivity index (χ4n) is 7.08. The van der Waals surface area contributed by atoms with Crippen LogP contribution in [0.5, 0.6) is 0 Å². The Labute approximate surface area is 378 Å². The highest BCUT2D eigenvalue weighted by molar-refractivity contribution is 5.98. The number of aliphatic carboxylic acids is 2. The summed E-state index contributed by atoms with van der Waals surface area (Å²) in [5, 5.41) is 55.1. The number of carboxylic acids is 2. The molecule has 14 N–H and O–H groups in total. The van der Waals surface area contributed by atoms with Crippen molar-refractivity contribution in [2.75, 3.05) is 13.1 Å². The average Bonchev–Trinajstić information content (AvgIpc) is 3.75. The molecule has 1 aliphatic heterocycles. The molecule has 1 saturated heterocycles. The molecular weight excluding hydrogens is 851 g/mol. The van der Waals surface area contributed by atoms with Crippen LogP contribution < -0.4 is 43.4 Å². The van der Waals surface area contributed by atoms with E-state index in [0.717, 1.165) is 4.90 Å². The molecule has 0 bridgehead atoms. The van der Waals surface area contributed by atoms with Gasteiger partial charge >= 0.3 is 11.9 Å². The Hall–Kier alpha value is -5.71. The number of aliphatic hydroxyl groups is 2. The van der Waals surface area contributed by atoms with Gasteiger partial charge in [-0.15, -0.1) is 0 Å². The molecule has 22 heteroatoms. The minimum Gasteiger partial charge on any atom is -0.481 e. The minimum atomic E-state index is -1.70. The summed E-state index contributed by atoms with van der Waals surface area (Å²) >= 11 is 0. The third-order valence-corrected chi connectivity index (χ3v) is 11.2. The van der Waals surface area contributed by atoms with Crippen molar-refractivity contribution < 1.29 is 63.6 Å². The van der Waals surface area contributed by atoms with Gasteiger partial charge in [-0.1, -0.05) is 64.4 Å². The van der Waals surface area contributed by atoms with Gasteiger partial charge in [0.15, 0.2) is 0 Å². The van der Waals surface area contributed by atoms with Crippen LogP contribution in [0.1, 0.15) is 92.1 Å². The number of carbonyl (C=O) groups is 9. The molecule has 1 heterocycles. The predicted molar refractivity (Wildman–Crippen MR) is 235 cm³/mol. The maximum atomic E-state index is 14.1. The second-order valence-corrected chi connectivity index (χ2v) is 16.9. The number of likely N-dealkylation sites (tertiary alicyclic amines) is 1. The summed E-state index contributed by atoms with van der Waals surface area (Å²) in [6.45, 7) is 9.41. The fourth-order valence-corrected chi connectivity index (χ4v) is 7.08. The van der Waals surface area contributed by atoms with E-state index in [1.165, 1.54) is 13.8 Å². The van der Waals surface area contributed by atoms with Crippen LogP contribution in [0.4, 0.5) is 0 Å². The van der Waals surface area contributed by atoms with E-state index in [2.05, 4.69) is 31.9 Å². The first-order chi connectivity index (χ1) is 30.5. The number of carbonyl (C=O) groups excluding carboxylic acids is 7. The molecule has 65 heavy (non-hydrogen) atoms. The maximum absolute atomic E-state index is 14.1. The SMILES string of the molecule is CC[C@H](C)[C@H](N)C(=O)N[C@H](C(=O)N[C@H](C(=O)N[C@H](C(=O)N[C@@H](CCCCN)C(=O)N[C@@H](Cc1ccccc1)C(=O)N[C@@H](CC(=O)O)C(=O)N1CCC[C@H]1C(=O)O)C(C)C)[C@@H](C)O)[C@@H](C)O. The van der Waals surface area contributed by atoms with Crippen molar-refractivity contribution in [3.8, 4) is 0 Å². The molecule has 1 fully saturated rings. The van der Waals surface area contributed by atoms with E-state index >= 15 is 0 Å². The van der Waals surface area contributed by atoms with Gasteiger partial charge < -0.3 is 68.7 Å². The van der Waals surface area contributed by atoms with Gasteiger partial charge in [-0.05, 0) is 69.9 Å². The second kappa shape index (κ2) is 26.9. The van der Waals surface area contributed by atoms with Crippen molar-refractivity contribution in [2.24, 2.45) is 23.3 Å². The number of unbranched alkanes of at least 4 members (excludes halogenated alkanes) is 1. The Morgan fingerprint density at radius 2 is 1.20 bits per heavy atom. The first-order valence-electron chi connectivity index (χ1n) is 22.0. The zero-order chi connectivity index (χ0) is 49.1. The fraction of sp³-hybridized carbons (Fsp3) is 0.651. The topological polar surface area (TPSA) is 362 Å². The molecule has 0 aromatic heterocycles. The molecule has 2 rings (SSSR count). The summed E-state index contributed by atoms with van der Waals surface area (Å²) in [6.07, 6.45) is -2.26. The van der Waals surface area contributed by atoms with Gasteiger partial charge in [0.05, 0.1) is 24.7 Å². The third-order valence-electron chi connectivity index (χ3n) is 11.2. The van der Waals surface area contributed by atoms with Crippen LogP contribution >= 0.6 is 0 Å². The van der Waals surface area contributed by atoms with Crippen LogP contribution in [-0.4, -0.2) is 152 Å². The number of rotatable bonds is 27. The molecule has 0 spiro atoms. The Bertz CT molecular complexity index is 1800. The van der Waals surface area contributed by atoms with Gasteiger partial charge in [0.25, 0.3) is 0 Å². The van der Waals surface area contributed by atoms with Crippen LogP contribution in [0.15, 0.2) is 30.3 Å². The smallest absolute Gasteiger partial charge is 0.326 e. The van der Waals surface area contributed by atoms with E-state index in [1.807, 2.05) is 6.92 Å². The van der Waals surface area contributed by atoms with E-state index < -0.39 is 126 Å². The highest BCUT2D eigenvalue weighted by Crippen LogP contribution is 2.20. The molecule has 7 amide bonds. The first-order valence-corrected chi connectivity index (χ1v) is 22.0. The number of nitrogens with zero attached hydrogens (tertiary/aromatic N) is 1. The number of nitrogens with one attached hydrogen (secondary N) is 6. The minimum absolute atomic E-state index is 0.00161. The lowest BCUT2D eigenvalue weighted by molar-refractivity contribution is -0.150. The Balaban J connectivity index is 2.38. The Morgan fingerprint density at radius 1 is 0.692 bits per heavy atom. The number of benzene rings is 1. The molecule has 0 aliphatic carbocycles. The zero-order valence-electron chi connectivity index (χ0n) is 38.0. The van der Waals surface area contributed by atoms with Crippen molar-refractivity contribution in [3.05, 3.63) is 35.9 Å². The van der Waals surface area contributed by atoms with Crippen LogP contribution in [0.2, 0.25) is 0 Å². The van der Waals surface area contributed by atoms with Crippen molar-refractivity contribution in [2.45, 2.75) is 153 Å². The van der Waals surface area contributed by atoms with E-state index in [1.54, 1.807) is 51.1 Å². The zero-order valence-corrected chi connectivity index (χ0v) is 38.0. The number of nitrogens with two attached hydrogens (primary N) is 2. The maximum Gasteiger partial charge on any atom is 0.326 e. The van der Waals surface area contributed by atoms with Crippen LogP contribution in [0, 0.1) is 11.8 Å². The standard InChI is InChI=1S/C43H69N9O13/c1-7-23(4)32(45)38(59)50-34(24(5)53)41(62)51-35(25(6)54)40(61)49-33(22(2)3)39(60)46-27(16-11-12-18-44)36(57)47-28(20-26-14-9-8-10-15-26)37(58)48-29(21-31(55)56)42(63)52-19-13-17-30(52)43(64)65/h8-10,14-15,22-25,27-30,32-35,53-54H,7,11-13,16-21,44-45H2,1-6H3,(H,46,60)(H,47,57)(H,48,58)(H,49,61)(H,50,59)(H,51,62)(H,55,56)(H,64,65)/t23-,24+,25+,27-,28-,29-,30-,32-,33-,34-,35-/m0/s1. The molecule has 0 unspecified atom stereocenters. The van der Waals surface area contributed by atoms with Crippen molar-refractivity contribution in [1.29, 1.82) is 0 Å². The average molecular weight is 920 g/mol. The second-order valence-electron chi connectivity index (χ2n) is 16.9. The Kier molecular flexibility index (Phi) is 23.0. The lowest BCUT2D eigenvalue weighted by Gasteiger charge is -2.30. The van der Waals surface area contributed by atoms with Crippen LogP contribution in [0.25, 0.3) is 0 Å². The summed E-state index contributed by atoms with van der Waals surface area (Å²) in [5.41, 5.74) is 12.3. The Morgan fingerprint density at radius 3 is 1.71 bits per heavy atom. The molecule has 1 aromatic rings. The summed E-state index contributed by atoms with van der Waals surface area (Å²) in [5.74, 6) is -10.0. The lowest BCUT2D eigenvalue weighted by atomic mass is 9.98. The van der Waals surface area contributed by atoms with Crippen LogP contribution in [-0.2, 0) is 49.6 Å². The van der Waals surface area contributed by atoms with Gasteiger partial charge in [-0.3, -0.25) is 38.4 Å². The molecule has 1 aromatic carbocycles. The molecule has 0 saturated carbocycles. The number of hydrogen-bond acceptors (Lipinski definition) is 13. The van der Waals surface area contributed by atoms with Gasteiger partial charge in [0.2, 0.25) is 41.4 Å². The van der Waals surface area contributed by atoms with E-state index in [-0.39, 0.29) is 38.3 Å².